The van der Waals surface area contributed by atoms with Crippen LogP contribution in [0.3, 0.4) is 0 Å². The van der Waals surface area contributed by atoms with E-state index in [4.69, 9.17) is 4.74 Å². The zero-order chi connectivity index (χ0) is 11.4. The molecule has 0 aromatic carbocycles. The van der Waals surface area contributed by atoms with Crippen LogP contribution < -0.4 is 5.32 Å². The summed E-state index contributed by atoms with van der Waals surface area (Å²) in [6.45, 7) is 8.92. The SMILES string of the molecule is CCC.CCOC(=O)/C(C)=C/CNC. The van der Waals surface area contributed by atoms with Gasteiger partial charge < -0.3 is 10.1 Å². The molecule has 0 saturated heterocycles. The summed E-state index contributed by atoms with van der Waals surface area (Å²) in [5.41, 5.74) is 0.654. The van der Waals surface area contributed by atoms with Crippen molar-refractivity contribution in [2.75, 3.05) is 20.2 Å². The van der Waals surface area contributed by atoms with Gasteiger partial charge in [-0.3, -0.25) is 0 Å². The second-order valence-corrected chi connectivity index (χ2v) is 2.87. The molecule has 1 N–H and O–H groups in total. The van der Waals surface area contributed by atoms with Crippen LogP contribution in [0.1, 0.15) is 34.1 Å². The Morgan fingerprint density at radius 3 is 2.21 bits per heavy atom. The van der Waals surface area contributed by atoms with Crippen molar-refractivity contribution >= 4 is 5.97 Å². The molecule has 0 spiro atoms. The number of carbonyl (C=O) groups is 1. The number of nitrogens with one attached hydrogen (secondary N) is 1. The third-order valence-electron chi connectivity index (χ3n) is 1.21. The summed E-state index contributed by atoms with van der Waals surface area (Å²) in [5, 5.41) is 2.91. The van der Waals surface area contributed by atoms with E-state index in [1.807, 2.05) is 7.05 Å². The van der Waals surface area contributed by atoms with E-state index < -0.39 is 0 Å². The molecule has 3 nitrogen and oxygen atoms in total. The van der Waals surface area contributed by atoms with Gasteiger partial charge in [0.2, 0.25) is 0 Å². The van der Waals surface area contributed by atoms with Crippen molar-refractivity contribution in [2.24, 2.45) is 0 Å². The molecule has 0 aromatic rings. The fraction of sp³-hybridized carbons (Fsp3) is 0.727. The molecular weight excluding hydrogens is 178 g/mol. The molecule has 0 amide bonds. The minimum Gasteiger partial charge on any atom is -0.463 e. The van der Waals surface area contributed by atoms with Crippen molar-refractivity contribution in [3.63, 3.8) is 0 Å². The monoisotopic (exact) mass is 201 g/mol. The van der Waals surface area contributed by atoms with Gasteiger partial charge in [-0.15, -0.1) is 0 Å². The molecule has 0 bridgehead atoms. The lowest BCUT2D eigenvalue weighted by atomic mass is 10.3. The van der Waals surface area contributed by atoms with E-state index in [1.54, 1.807) is 19.9 Å². The molecule has 0 aliphatic rings. The first-order valence-corrected chi connectivity index (χ1v) is 5.12. The van der Waals surface area contributed by atoms with Crippen LogP contribution >= 0.6 is 0 Å². The van der Waals surface area contributed by atoms with Crippen LogP contribution in [0.15, 0.2) is 11.6 Å². The van der Waals surface area contributed by atoms with Crippen LogP contribution in [0.25, 0.3) is 0 Å². The first kappa shape index (κ1) is 15.6. The molecule has 0 fully saturated rings. The smallest absolute Gasteiger partial charge is 0.333 e. The highest BCUT2D eigenvalue weighted by Gasteiger charge is 2.01. The summed E-state index contributed by atoms with van der Waals surface area (Å²) < 4.78 is 4.77. The highest BCUT2D eigenvalue weighted by Crippen LogP contribution is 1.94. The summed E-state index contributed by atoms with van der Waals surface area (Å²) in [4.78, 5) is 10.9. The number of carbonyl (C=O) groups excluding carboxylic acids is 1. The molecular formula is C11H23NO2. The Hall–Kier alpha value is -0.830. The third-order valence-corrected chi connectivity index (χ3v) is 1.21. The van der Waals surface area contributed by atoms with Crippen molar-refractivity contribution in [1.29, 1.82) is 0 Å². The van der Waals surface area contributed by atoms with E-state index >= 15 is 0 Å². The Morgan fingerprint density at radius 2 is 1.86 bits per heavy atom. The molecule has 14 heavy (non-hydrogen) atoms. The maximum Gasteiger partial charge on any atom is 0.333 e. The van der Waals surface area contributed by atoms with Gasteiger partial charge in [-0.25, -0.2) is 4.79 Å². The highest BCUT2D eigenvalue weighted by atomic mass is 16.5. The van der Waals surface area contributed by atoms with Crippen LogP contribution in [0.4, 0.5) is 0 Å². The zero-order valence-electron chi connectivity index (χ0n) is 10.0. The van der Waals surface area contributed by atoms with E-state index in [0.717, 1.165) is 0 Å². The predicted molar refractivity (Wildman–Crippen MR) is 60.3 cm³/mol. The van der Waals surface area contributed by atoms with Crippen molar-refractivity contribution < 1.29 is 9.53 Å². The van der Waals surface area contributed by atoms with Gasteiger partial charge in [-0.1, -0.05) is 26.3 Å². The van der Waals surface area contributed by atoms with Crippen LogP contribution in [-0.2, 0) is 9.53 Å². The molecule has 3 heteroatoms. The van der Waals surface area contributed by atoms with E-state index in [0.29, 0.717) is 18.7 Å². The quantitative estimate of drug-likeness (QED) is 0.559. The molecule has 84 valence electrons. The largest absolute Gasteiger partial charge is 0.463 e. The number of likely N-dealkylation sites (N-methyl/N-ethyl adjacent to an activating group) is 1. The predicted octanol–water partition coefficient (Wildman–Crippen LogP) is 2.13. The molecule has 0 rings (SSSR count). The maximum absolute atomic E-state index is 10.9. The third kappa shape index (κ3) is 11.2. The summed E-state index contributed by atoms with van der Waals surface area (Å²) in [6, 6.07) is 0. The van der Waals surface area contributed by atoms with Gasteiger partial charge in [0, 0.05) is 12.1 Å². The lowest BCUT2D eigenvalue weighted by molar-refractivity contribution is -0.138. The number of rotatable bonds is 4. The second kappa shape index (κ2) is 12.2. The standard InChI is InChI=1S/C8H15NO2.C3H8/c1-4-11-8(10)7(2)5-6-9-3;1-3-2/h5,9H,4,6H2,1-3H3;3H2,1-2H3/b7-5+;. The van der Waals surface area contributed by atoms with Crippen molar-refractivity contribution in [1.82, 2.24) is 5.32 Å². The summed E-state index contributed by atoms with van der Waals surface area (Å²) >= 11 is 0. The van der Waals surface area contributed by atoms with Gasteiger partial charge in [0.25, 0.3) is 0 Å². The van der Waals surface area contributed by atoms with Gasteiger partial charge >= 0.3 is 5.97 Å². The molecule has 0 aliphatic heterocycles. The topological polar surface area (TPSA) is 38.3 Å². The normalized spacial score (nSPS) is 10.2. The number of esters is 1. The molecule has 0 aromatic heterocycles. The average Bonchev–Trinajstić information content (AvgIpc) is 2.15. The van der Waals surface area contributed by atoms with Crippen molar-refractivity contribution in [3.8, 4) is 0 Å². The second-order valence-electron chi connectivity index (χ2n) is 2.87. The Kier molecular flexibility index (Phi) is 13.6. The summed E-state index contributed by atoms with van der Waals surface area (Å²) in [5.74, 6) is -0.234. The van der Waals surface area contributed by atoms with E-state index in [1.165, 1.54) is 6.42 Å². The zero-order valence-corrected chi connectivity index (χ0v) is 10.0. The van der Waals surface area contributed by atoms with Gasteiger partial charge in [0.15, 0.2) is 0 Å². The number of ether oxygens (including phenoxy) is 1. The summed E-state index contributed by atoms with van der Waals surface area (Å²) in [6.07, 6.45) is 3.05. The average molecular weight is 201 g/mol. The Labute approximate surface area is 87.5 Å². The molecule has 0 saturated carbocycles. The first-order chi connectivity index (χ1) is 6.63. The number of hydrogen-bond acceptors (Lipinski definition) is 3. The molecule has 0 aliphatic carbocycles. The fourth-order valence-corrected chi connectivity index (χ4v) is 0.583. The van der Waals surface area contributed by atoms with E-state index in [-0.39, 0.29) is 5.97 Å². The molecule has 0 radical (unpaired) electrons. The van der Waals surface area contributed by atoms with Crippen LogP contribution in [0, 0.1) is 0 Å². The van der Waals surface area contributed by atoms with Crippen molar-refractivity contribution in [2.45, 2.75) is 34.1 Å². The summed E-state index contributed by atoms with van der Waals surface area (Å²) in [7, 11) is 1.83. The van der Waals surface area contributed by atoms with E-state index in [2.05, 4.69) is 19.2 Å². The highest BCUT2D eigenvalue weighted by molar-refractivity contribution is 5.87. The van der Waals surface area contributed by atoms with Crippen LogP contribution in [0.5, 0.6) is 0 Å². The van der Waals surface area contributed by atoms with Crippen molar-refractivity contribution in [3.05, 3.63) is 11.6 Å². The molecule has 0 heterocycles. The van der Waals surface area contributed by atoms with Gasteiger partial charge in [0.1, 0.15) is 0 Å². The Balaban J connectivity index is 0. The minimum atomic E-state index is -0.234. The van der Waals surface area contributed by atoms with Gasteiger partial charge in [-0.05, 0) is 20.9 Å². The lowest BCUT2D eigenvalue weighted by Gasteiger charge is -2.00. The molecule has 0 atom stereocenters. The van der Waals surface area contributed by atoms with Gasteiger partial charge in [0.05, 0.1) is 6.61 Å². The maximum atomic E-state index is 10.9. The van der Waals surface area contributed by atoms with Gasteiger partial charge in [-0.2, -0.15) is 0 Å². The Bertz CT molecular complexity index is 165. The van der Waals surface area contributed by atoms with Crippen LogP contribution in [0.2, 0.25) is 0 Å². The Morgan fingerprint density at radius 1 is 1.36 bits per heavy atom. The first-order valence-electron chi connectivity index (χ1n) is 5.12. The minimum absolute atomic E-state index is 0.234. The number of hydrogen-bond donors (Lipinski definition) is 1. The fourth-order valence-electron chi connectivity index (χ4n) is 0.583. The lowest BCUT2D eigenvalue weighted by Crippen LogP contribution is -2.09. The van der Waals surface area contributed by atoms with E-state index in [9.17, 15) is 4.79 Å². The van der Waals surface area contributed by atoms with Crippen LogP contribution in [-0.4, -0.2) is 26.2 Å². The molecule has 0 unspecified atom stereocenters.